The first-order chi connectivity index (χ1) is 12.5. The van der Waals surface area contributed by atoms with Gasteiger partial charge >= 0.3 is 0 Å². The lowest BCUT2D eigenvalue weighted by molar-refractivity contribution is 0.737. The molecule has 0 aliphatic carbocycles. The van der Waals surface area contributed by atoms with Gasteiger partial charge in [-0.1, -0.05) is 59.8 Å². The Morgan fingerprint density at radius 1 is 0.962 bits per heavy atom. The molecule has 0 fully saturated rings. The normalized spacial score (nSPS) is 16.5. The second-order valence-corrected chi connectivity index (χ2v) is 7.96. The Morgan fingerprint density at radius 3 is 2.46 bits per heavy atom. The molecule has 0 unspecified atom stereocenters. The number of hydrogen-bond donors (Lipinski definition) is 1. The first-order valence-electron chi connectivity index (χ1n) is 8.86. The number of hydrazone groups is 1. The van der Waals surface area contributed by atoms with Gasteiger partial charge < -0.3 is 4.57 Å². The van der Waals surface area contributed by atoms with Crippen molar-refractivity contribution in [3.8, 4) is 5.69 Å². The van der Waals surface area contributed by atoms with Crippen molar-refractivity contribution in [3.05, 3.63) is 88.2 Å². The molecule has 4 rings (SSSR count). The largest absolute Gasteiger partial charge is 0.318 e. The summed E-state index contributed by atoms with van der Waals surface area (Å²) in [5, 5.41) is 5.76. The topological polar surface area (TPSA) is 29.3 Å². The number of hydrogen-bond acceptors (Lipinski definition) is 3. The first kappa shape index (κ1) is 17.0. The van der Waals surface area contributed by atoms with E-state index in [0.29, 0.717) is 0 Å². The Bertz CT molecular complexity index is 986. The smallest absolute Gasteiger partial charge is 0.126 e. The van der Waals surface area contributed by atoms with Gasteiger partial charge in [-0.2, -0.15) is 5.10 Å². The minimum Gasteiger partial charge on any atom is -0.318 e. The minimum absolute atomic E-state index is 0.149. The lowest BCUT2D eigenvalue weighted by atomic mass is 10.1. The van der Waals surface area contributed by atoms with E-state index in [1.807, 2.05) is 6.07 Å². The molecule has 1 N–H and O–H groups in total. The van der Waals surface area contributed by atoms with Crippen molar-refractivity contribution in [2.24, 2.45) is 5.10 Å². The Kier molecular flexibility index (Phi) is 4.37. The highest BCUT2D eigenvalue weighted by Gasteiger charge is 2.26. The lowest BCUT2D eigenvalue weighted by Gasteiger charge is -2.15. The molecule has 0 bridgehead atoms. The number of nitrogens with zero attached hydrogens (tertiary/aromatic N) is 2. The summed E-state index contributed by atoms with van der Waals surface area (Å²) in [4.78, 5) is 0. The molecule has 2 heterocycles. The Morgan fingerprint density at radius 2 is 1.73 bits per heavy atom. The van der Waals surface area contributed by atoms with Crippen LogP contribution in [0, 0.1) is 27.7 Å². The second kappa shape index (κ2) is 6.69. The average molecular weight is 362 g/mol. The fraction of sp³-hybridized carbons (Fsp3) is 0.227. The molecule has 132 valence electrons. The molecule has 1 aliphatic heterocycles. The average Bonchev–Trinajstić information content (AvgIpc) is 3.22. The van der Waals surface area contributed by atoms with Crippen LogP contribution in [0.2, 0.25) is 0 Å². The Labute approximate surface area is 159 Å². The van der Waals surface area contributed by atoms with E-state index >= 15 is 0 Å². The summed E-state index contributed by atoms with van der Waals surface area (Å²) in [7, 11) is 0. The molecule has 1 atom stereocenters. The van der Waals surface area contributed by atoms with Crippen molar-refractivity contribution < 1.29 is 0 Å². The van der Waals surface area contributed by atoms with Crippen molar-refractivity contribution in [1.82, 2.24) is 9.99 Å². The van der Waals surface area contributed by atoms with Gasteiger partial charge in [0.1, 0.15) is 10.4 Å². The summed E-state index contributed by atoms with van der Waals surface area (Å²) in [5.74, 6) is 0. The zero-order valence-corrected chi connectivity index (χ0v) is 16.4. The predicted octanol–water partition coefficient (Wildman–Crippen LogP) is 5.41. The maximum atomic E-state index is 4.57. The molecule has 2 aromatic carbocycles. The lowest BCUT2D eigenvalue weighted by Crippen LogP contribution is -2.08. The van der Waals surface area contributed by atoms with E-state index in [1.165, 1.54) is 33.8 Å². The SMILES string of the molecule is Cc1ccc(-n2c(C)cc([C@H]3NN=C(c4ccccc4)S3)c2C)c(C)c1. The van der Waals surface area contributed by atoms with E-state index in [-0.39, 0.29) is 5.37 Å². The zero-order valence-electron chi connectivity index (χ0n) is 15.6. The van der Waals surface area contributed by atoms with E-state index in [4.69, 9.17) is 0 Å². The summed E-state index contributed by atoms with van der Waals surface area (Å²) in [6.45, 7) is 8.69. The zero-order chi connectivity index (χ0) is 18.3. The summed E-state index contributed by atoms with van der Waals surface area (Å²) >= 11 is 1.78. The first-order valence-corrected chi connectivity index (χ1v) is 9.74. The van der Waals surface area contributed by atoms with Crippen LogP contribution in [-0.4, -0.2) is 9.61 Å². The minimum atomic E-state index is 0.149. The molecule has 0 saturated heterocycles. The number of aromatic nitrogens is 1. The highest BCUT2D eigenvalue weighted by molar-refractivity contribution is 8.14. The van der Waals surface area contributed by atoms with Crippen molar-refractivity contribution in [2.45, 2.75) is 33.1 Å². The van der Waals surface area contributed by atoms with Crippen LogP contribution in [0.3, 0.4) is 0 Å². The van der Waals surface area contributed by atoms with E-state index in [2.05, 4.69) is 91.3 Å². The molecule has 1 aromatic heterocycles. The van der Waals surface area contributed by atoms with Gasteiger partial charge in [0, 0.05) is 28.2 Å². The third-order valence-electron chi connectivity index (χ3n) is 4.88. The van der Waals surface area contributed by atoms with Gasteiger partial charge in [0.25, 0.3) is 0 Å². The molecule has 0 spiro atoms. The van der Waals surface area contributed by atoms with Gasteiger partial charge in [0.2, 0.25) is 0 Å². The van der Waals surface area contributed by atoms with Crippen molar-refractivity contribution in [1.29, 1.82) is 0 Å². The summed E-state index contributed by atoms with van der Waals surface area (Å²) in [5.41, 5.74) is 12.1. The third-order valence-corrected chi connectivity index (χ3v) is 6.02. The van der Waals surface area contributed by atoms with Crippen molar-refractivity contribution in [3.63, 3.8) is 0 Å². The van der Waals surface area contributed by atoms with E-state index < -0.39 is 0 Å². The van der Waals surface area contributed by atoms with Crippen LogP contribution in [0.15, 0.2) is 59.7 Å². The van der Waals surface area contributed by atoms with Gasteiger partial charge in [0.15, 0.2) is 0 Å². The standard InChI is InChI=1S/C22H23N3S/c1-14-10-11-20(15(2)12-14)25-16(3)13-19(17(25)4)22-24-23-21(26-22)18-8-6-5-7-9-18/h5-13,22,24H,1-4H3/t22-/m0/s1. The van der Waals surface area contributed by atoms with Crippen LogP contribution in [0.25, 0.3) is 5.69 Å². The monoisotopic (exact) mass is 361 g/mol. The quantitative estimate of drug-likeness (QED) is 0.676. The molecule has 3 aromatic rings. The molecule has 0 saturated carbocycles. The number of nitrogens with one attached hydrogen (secondary N) is 1. The fourth-order valence-electron chi connectivity index (χ4n) is 3.61. The maximum absolute atomic E-state index is 4.57. The van der Waals surface area contributed by atoms with Gasteiger partial charge in [-0.3, -0.25) is 5.43 Å². The van der Waals surface area contributed by atoms with Gasteiger partial charge in [-0.15, -0.1) is 0 Å². The van der Waals surface area contributed by atoms with Gasteiger partial charge in [-0.05, 0) is 45.4 Å². The summed E-state index contributed by atoms with van der Waals surface area (Å²) < 4.78 is 2.35. The fourth-order valence-corrected chi connectivity index (χ4v) is 4.68. The Hall–Kier alpha value is -2.46. The number of rotatable bonds is 3. The van der Waals surface area contributed by atoms with Crippen LogP contribution in [0.4, 0.5) is 0 Å². The van der Waals surface area contributed by atoms with E-state index in [0.717, 1.165) is 10.6 Å². The Balaban J connectivity index is 1.66. The summed E-state index contributed by atoms with van der Waals surface area (Å²) in [6, 6.07) is 19.3. The molecule has 0 amide bonds. The van der Waals surface area contributed by atoms with Gasteiger partial charge in [-0.25, -0.2) is 0 Å². The van der Waals surface area contributed by atoms with Crippen LogP contribution < -0.4 is 5.43 Å². The molecule has 0 radical (unpaired) electrons. The van der Waals surface area contributed by atoms with Crippen LogP contribution in [0.5, 0.6) is 0 Å². The predicted molar refractivity (Wildman–Crippen MR) is 111 cm³/mol. The van der Waals surface area contributed by atoms with Crippen LogP contribution >= 0.6 is 11.8 Å². The number of thioether (sulfide) groups is 1. The van der Waals surface area contributed by atoms with E-state index in [1.54, 1.807) is 11.8 Å². The van der Waals surface area contributed by atoms with Crippen molar-refractivity contribution in [2.75, 3.05) is 0 Å². The summed E-state index contributed by atoms with van der Waals surface area (Å²) in [6.07, 6.45) is 0. The molecule has 26 heavy (non-hydrogen) atoms. The molecule has 4 heteroatoms. The highest BCUT2D eigenvalue weighted by Crippen LogP contribution is 2.38. The highest BCUT2D eigenvalue weighted by atomic mass is 32.2. The molecule has 1 aliphatic rings. The van der Waals surface area contributed by atoms with E-state index in [9.17, 15) is 0 Å². The number of benzene rings is 2. The second-order valence-electron chi connectivity index (χ2n) is 6.86. The maximum Gasteiger partial charge on any atom is 0.126 e. The molecular formula is C22H23N3S. The number of aryl methyl sites for hydroxylation is 3. The molecule has 3 nitrogen and oxygen atoms in total. The van der Waals surface area contributed by atoms with Gasteiger partial charge in [0.05, 0.1) is 0 Å². The van der Waals surface area contributed by atoms with Crippen LogP contribution in [-0.2, 0) is 0 Å². The third kappa shape index (κ3) is 2.95. The van der Waals surface area contributed by atoms with Crippen LogP contribution in [0.1, 0.15) is 39.0 Å². The van der Waals surface area contributed by atoms with Crippen molar-refractivity contribution >= 4 is 16.8 Å². The molecular weight excluding hydrogens is 338 g/mol.